The normalized spacial score (nSPS) is 10.9. The van der Waals surface area contributed by atoms with Crippen LogP contribution in [0.15, 0.2) is 57.2 Å². The lowest BCUT2D eigenvalue weighted by Gasteiger charge is -2.02. The van der Waals surface area contributed by atoms with Gasteiger partial charge >= 0.3 is 0 Å². The Morgan fingerprint density at radius 3 is 1.48 bits per heavy atom. The highest BCUT2D eigenvalue weighted by Gasteiger charge is 2.07. The van der Waals surface area contributed by atoms with E-state index in [-0.39, 0.29) is 0 Å². The topological polar surface area (TPSA) is 75.6 Å². The molecule has 0 bridgehead atoms. The first-order chi connectivity index (χ1) is 15.1. The second-order valence-electron chi connectivity index (χ2n) is 6.83. The molecular formula is C21H22N6S4. The van der Waals surface area contributed by atoms with Crippen molar-refractivity contribution >= 4 is 56.5 Å². The van der Waals surface area contributed by atoms with Crippen molar-refractivity contribution in [1.29, 1.82) is 0 Å². The molecule has 160 valence electrons. The molecule has 2 heterocycles. The second kappa shape index (κ2) is 10.9. The smallest absolute Gasteiger partial charge is 0.207 e. The highest BCUT2D eigenvalue weighted by Crippen LogP contribution is 2.30. The molecule has 0 fully saturated rings. The molecule has 0 radical (unpaired) electrons. The molecule has 0 spiro atoms. The minimum atomic E-state index is 0.522. The molecule has 0 saturated heterocycles. The summed E-state index contributed by atoms with van der Waals surface area (Å²) in [6, 6.07) is 17.2. The third-order valence-corrected chi connectivity index (χ3v) is 8.43. The predicted octanol–water partition coefficient (Wildman–Crippen LogP) is 6.07. The van der Waals surface area contributed by atoms with Gasteiger partial charge < -0.3 is 10.6 Å². The number of aromatic nitrogens is 4. The number of benzene rings is 2. The van der Waals surface area contributed by atoms with Gasteiger partial charge in [-0.05, 0) is 25.0 Å². The van der Waals surface area contributed by atoms with Gasteiger partial charge in [0.2, 0.25) is 10.3 Å². The Balaban J connectivity index is 1.18. The lowest BCUT2D eigenvalue weighted by molar-refractivity contribution is 0.990. The third-order valence-electron chi connectivity index (χ3n) is 4.26. The molecule has 0 unspecified atom stereocenters. The van der Waals surface area contributed by atoms with Crippen LogP contribution in [0.4, 0.5) is 10.3 Å². The minimum Gasteiger partial charge on any atom is -0.343 e. The molecule has 10 heteroatoms. The summed E-state index contributed by atoms with van der Waals surface area (Å²) >= 11 is 6.51. The van der Waals surface area contributed by atoms with Gasteiger partial charge in [-0.25, -0.2) is 0 Å². The highest BCUT2D eigenvalue weighted by molar-refractivity contribution is 8.00. The number of nitrogens with one attached hydrogen (secondary N) is 2. The molecule has 2 N–H and O–H groups in total. The zero-order valence-corrected chi connectivity index (χ0v) is 20.4. The molecular weight excluding hydrogens is 465 g/mol. The van der Waals surface area contributed by atoms with E-state index in [1.54, 1.807) is 46.2 Å². The van der Waals surface area contributed by atoms with Gasteiger partial charge in [-0.1, -0.05) is 106 Å². The third kappa shape index (κ3) is 6.93. The van der Waals surface area contributed by atoms with E-state index in [1.807, 2.05) is 0 Å². The summed E-state index contributed by atoms with van der Waals surface area (Å²) in [4.78, 5) is 0. The quantitative estimate of drug-likeness (QED) is 0.207. The van der Waals surface area contributed by atoms with E-state index >= 15 is 0 Å². The highest BCUT2D eigenvalue weighted by atomic mass is 32.2. The maximum absolute atomic E-state index is 4.25. The van der Waals surface area contributed by atoms with Crippen molar-refractivity contribution in [1.82, 2.24) is 20.4 Å². The van der Waals surface area contributed by atoms with Crippen molar-refractivity contribution < 1.29 is 0 Å². The lowest BCUT2D eigenvalue weighted by Crippen LogP contribution is -2.11. The van der Waals surface area contributed by atoms with Crippen LogP contribution in [0.3, 0.4) is 0 Å². The van der Waals surface area contributed by atoms with E-state index in [2.05, 4.69) is 93.4 Å². The number of nitrogens with zero attached hydrogens (tertiary/aromatic N) is 4. The summed E-state index contributed by atoms with van der Waals surface area (Å²) in [5.41, 5.74) is 5.12. The zero-order valence-electron chi connectivity index (χ0n) is 17.2. The number of hydrogen-bond donors (Lipinski definition) is 2. The van der Waals surface area contributed by atoms with Gasteiger partial charge in [-0.2, -0.15) is 0 Å². The molecule has 0 amide bonds. The fraction of sp³-hybridized carbons (Fsp3) is 0.238. The maximum atomic E-state index is 4.25. The van der Waals surface area contributed by atoms with Gasteiger partial charge in [0.1, 0.15) is 0 Å². The summed E-state index contributed by atoms with van der Waals surface area (Å²) < 4.78 is 1.91. The van der Waals surface area contributed by atoms with Crippen molar-refractivity contribution in [2.24, 2.45) is 0 Å². The number of thioether (sulfide) groups is 2. The average molecular weight is 487 g/mol. The Labute approximate surface area is 198 Å². The van der Waals surface area contributed by atoms with Crippen LogP contribution < -0.4 is 10.6 Å². The van der Waals surface area contributed by atoms with E-state index in [0.29, 0.717) is 6.67 Å². The monoisotopic (exact) mass is 486 g/mol. The van der Waals surface area contributed by atoms with Crippen LogP contribution in [0.5, 0.6) is 0 Å². The van der Waals surface area contributed by atoms with Crippen molar-refractivity contribution in [2.75, 3.05) is 17.3 Å². The van der Waals surface area contributed by atoms with Crippen molar-refractivity contribution in [3.05, 3.63) is 70.8 Å². The molecule has 4 rings (SSSR count). The Kier molecular flexibility index (Phi) is 7.79. The Hall–Kier alpha value is -2.14. The van der Waals surface area contributed by atoms with Crippen LogP contribution in [0.25, 0.3) is 0 Å². The van der Waals surface area contributed by atoms with Gasteiger partial charge in [0, 0.05) is 11.5 Å². The number of anilines is 2. The molecule has 2 aromatic carbocycles. The van der Waals surface area contributed by atoms with Crippen LogP contribution in [0.1, 0.15) is 22.3 Å². The van der Waals surface area contributed by atoms with E-state index in [1.165, 1.54) is 22.3 Å². The van der Waals surface area contributed by atoms with Gasteiger partial charge in [-0.15, -0.1) is 20.4 Å². The molecule has 0 aliphatic rings. The summed E-state index contributed by atoms with van der Waals surface area (Å²) in [7, 11) is 0. The van der Waals surface area contributed by atoms with E-state index in [4.69, 9.17) is 0 Å². The molecule has 31 heavy (non-hydrogen) atoms. The number of rotatable bonds is 10. The number of aryl methyl sites for hydroxylation is 2. The van der Waals surface area contributed by atoms with E-state index in [0.717, 1.165) is 30.4 Å². The van der Waals surface area contributed by atoms with Crippen LogP contribution >= 0.6 is 46.2 Å². The second-order valence-corrected chi connectivity index (χ2v) is 11.2. The van der Waals surface area contributed by atoms with Crippen LogP contribution in [-0.2, 0) is 11.5 Å². The van der Waals surface area contributed by atoms with Gasteiger partial charge in [0.05, 0.1) is 6.67 Å². The number of hydrogen-bond acceptors (Lipinski definition) is 10. The fourth-order valence-corrected chi connectivity index (χ4v) is 5.94. The van der Waals surface area contributed by atoms with Crippen LogP contribution in [0, 0.1) is 13.8 Å². The first-order valence-corrected chi connectivity index (χ1v) is 13.3. The van der Waals surface area contributed by atoms with E-state index in [9.17, 15) is 0 Å². The largest absolute Gasteiger partial charge is 0.343 e. The van der Waals surface area contributed by atoms with Gasteiger partial charge in [-0.3, -0.25) is 0 Å². The lowest BCUT2D eigenvalue weighted by atomic mass is 10.2. The fourth-order valence-electron chi connectivity index (χ4n) is 2.53. The van der Waals surface area contributed by atoms with Gasteiger partial charge in [0.25, 0.3) is 0 Å². The minimum absolute atomic E-state index is 0.522. The molecule has 0 aliphatic heterocycles. The van der Waals surface area contributed by atoms with Gasteiger partial charge in [0.15, 0.2) is 8.68 Å². The zero-order chi connectivity index (χ0) is 21.5. The standard InChI is InChI=1S/C21H22N6S4/c1-14-3-7-16(8-4-14)11-28-20-26-24-18(30-20)22-13-23-19-25-27-21(31-19)29-12-17-9-5-15(2)6-10-17/h3-10H,11-13H2,1-2H3,(H,22,24)(H,23,25). The van der Waals surface area contributed by atoms with Crippen molar-refractivity contribution in [3.63, 3.8) is 0 Å². The van der Waals surface area contributed by atoms with Crippen LogP contribution in [-0.4, -0.2) is 27.1 Å². The summed E-state index contributed by atoms with van der Waals surface area (Å²) in [6.45, 7) is 4.72. The maximum Gasteiger partial charge on any atom is 0.207 e. The molecule has 0 atom stereocenters. The molecule has 4 aromatic rings. The molecule has 0 aliphatic carbocycles. The SMILES string of the molecule is Cc1ccc(CSc2nnc(NCNc3nnc(SCc4ccc(C)cc4)s3)s2)cc1. The average Bonchev–Trinajstić information content (AvgIpc) is 3.43. The summed E-state index contributed by atoms with van der Waals surface area (Å²) in [5, 5.41) is 25.0. The molecule has 2 aromatic heterocycles. The Morgan fingerprint density at radius 2 is 1.06 bits per heavy atom. The predicted molar refractivity (Wildman–Crippen MR) is 133 cm³/mol. The molecule has 0 saturated carbocycles. The summed E-state index contributed by atoms with van der Waals surface area (Å²) in [5.74, 6) is 1.78. The van der Waals surface area contributed by atoms with Crippen molar-refractivity contribution in [3.8, 4) is 0 Å². The Bertz CT molecular complexity index is 1000. The van der Waals surface area contributed by atoms with Crippen molar-refractivity contribution in [2.45, 2.75) is 34.0 Å². The first kappa shape index (κ1) is 22.1. The first-order valence-electron chi connectivity index (χ1n) is 9.65. The molecule has 6 nitrogen and oxygen atoms in total. The van der Waals surface area contributed by atoms with Crippen LogP contribution in [0.2, 0.25) is 0 Å². The Morgan fingerprint density at radius 1 is 0.645 bits per heavy atom. The van der Waals surface area contributed by atoms with E-state index < -0.39 is 0 Å². The summed E-state index contributed by atoms with van der Waals surface area (Å²) in [6.07, 6.45) is 0.